The first kappa shape index (κ1) is 10.5. The molecule has 2 rings (SSSR count). The van der Waals surface area contributed by atoms with Crippen molar-refractivity contribution in [1.82, 2.24) is 0 Å². The van der Waals surface area contributed by atoms with Gasteiger partial charge in [0.15, 0.2) is 0 Å². The van der Waals surface area contributed by atoms with Crippen molar-refractivity contribution in [3.8, 4) is 0 Å². The molecule has 14 heavy (non-hydrogen) atoms. The third kappa shape index (κ3) is 1.18. The van der Waals surface area contributed by atoms with Crippen LogP contribution in [0.2, 0.25) is 0 Å². The summed E-state index contributed by atoms with van der Waals surface area (Å²) in [5.41, 5.74) is 1.19. The van der Waals surface area contributed by atoms with E-state index < -0.39 is 0 Å². The van der Waals surface area contributed by atoms with Crippen molar-refractivity contribution in [2.75, 3.05) is 6.61 Å². The van der Waals surface area contributed by atoms with Crippen molar-refractivity contribution < 1.29 is 4.74 Å². The Balaban J connectivity index is 2.08. The predicted octanol–water partition coefficient (Wildman–Crippen LogP) is 3.63. The lowest BCUT2D eigenvalue weighted by Gasteiger charge is -2.23. The first-order chi connectivity index (χ1) is 6.56. The maximum Gasteiger partial charge on any atom is 0.0585 e. The lowest BCUT2D eigenvalue weighted by atomic mass is 9.82. The molecule has 0 amide bonds. The molecule has 1 heteroatoms. The molecular formula is C13H24O. The van der Waals surface area contributed by atoms with Gasteiger partial charge in [0.2, 0.25) is 0 Å². The molecule has 2 saturated carbocycles. The SMILES string of the molecule is CCOC(C)C1C2(C)CCCCC12C. The Morgan fingerprint density at radius 1 is 1.21 bits per heavy atom. The zero-order valence-electron chi connectivity index (χ0n) is 10.1. The normalized spacial score (nSPS) is 48.4. The molecule has 0 N–H and O–H groups in total. The van der Waals surface area contributed by atoms with Gasteiger partial charge in [-0.05, 0) is 43.4 Å². The molecule has 0 aliphatic heterocycles. The van der Waals surface area contributed by atoms with Crippen molar-refractivity contribution in [2.24, 2.45) is 16.7 Å². The molecule has 2 fully saturated rings. The maximum atomic E-state index is 5.79. The summed E-state index contributed by atoms with van der Waals surface area (Å²) >= 11 is 0. The van der Waals surface area contributed by atoms with E-state index >= 15 is 0 Å². The average molecular weight is 196 g/mol. The van der Waals surface area contributed by atoms with Crippen LogP contribution in [-0.2, 0) is 4.74 Å². The fourth-order valence-electron chi connectivity index (χ4n) is 4.26. The smallest absolute Gasteiger partial charge is 0.0585 e. The monoisotopic (exact) mass is 196 g/mol. The lowest BCUT2D eigenvalue weighted by molar-refractivity contribution is 0.0461. The molecule has 0 bridgehead atoms. The topological polar surface area (TPSA) is 9.23 Å². The third-order valence-corrected chi connectivity index (χ3v) is 5.14. The van der Waals surface area contributed by atoms with Crippen molar-refractivity contribution in [3.63, 3.8) is 0 Å². The highest BCUT2D eigenvalue weighted by Gasteiger charge is 2.72. The van der Waals surface area contributed by atoms with Gasteiger partial charge in [-0.25, -0.2) is 0 Å². The molecule has 0 heterocycles. The van der Waals surface area contributed by atoms with Gasteiger partial charge in [-0.1, -0.05) is 26.7 Å². The van der Waals surface area contributed by atoms with Crippen LogP contribution in [0.5, 0.6) is 0 Å². The largest absolute Gasteiger partial charge is 0.378 e. The molecule has 0 radical (unpaired) electrons. The molecule has 2 aliphatic rings. The van der Waals surface area contributed by atoms with Crippen LogP contribution in [0.4, 0.5) is 0 Å². The second kappa shape index (κ2) is 3.23. The van der Waals surface area contributed by atoms with Gasteiger partial charge in [0, 0.05) is 6.61 Å². The van der Waals surface area contributed by atoms with Gasteiger partial charge in [-0.2, -0.15) is 0 Å². The Bertz CT molecular complexity index is 207. The predicted molar refractivity (Wildman–Crippen MR) is 59.3 cm³/mol. The number of rotatable bonds is 3. The summed E-state index contributed by atoms with van der Waals surface area (Å²) in [6.45, 7) is 10.2. The summed E-state index contributed by atoms with van der Waals surface area (Å²) in [5, 5.41) is 0. The van der Waals surface area contributed by atoms with Gasteiger partial charge in [0.25, 0.3) is 0 Å². The van der Waals surface area contributed by atoms with E-state index in [1.807, 2.05) is 0 Å². The number of hydrogen-bond acceptors (Lipinski definition) is 1. The first-order valence-electron chi connectivity index (χ1n) is 6.18. The van der Waals surface area contributed by atoms with Gasteiger partial charge >= 0.3 is 0 Å². The highest BCUT2D eigenvalue weighted by molar-refractivity contribution is 5.20. The minimum Gasteiger partial charge on any atom is -0.378 e. The summed E-state index contributed by atoms with van der Waals surface area (Å²) in [5.74, 6) is 0.817. The minimum absolute atomic E-state index is 0.466. The molecule has 0 saturated heterocycles. The van der Waals surface area contributed by atoms with Gasteiger partial charge in [0.1, 0.15) is 0 Å². The molecular weight excluding hydrogens is 172 g/mol. The van der Waals surface area contributed by atoms with E-state index in [9.17, 15) is 0 Å². The quantitative estimate of drug-likeness (QED) is 0.670. The molecule has 1 nitrogen and oxygen atoms in total. The van der Waals surface area contributed by atoms with Crippen LogP contribution in [-0.4, -0.2) is 12.7 Å². The van der Waals surface area contributed by atoms with Crippen LogP contribution in [0.15, 0.2) is 0 Å². The fraction of sp³-hybridized carbons (Fsp3) is 1.00. The standard InChI is InChI=1S/C13H24O/c1-5-14-10(2)11-12(3)8-6-7-9-13(11,12)4/h10-11H,5-9H2,1-4H3. The number of ether oxygens (including phenoxy) is 1. The molecule has 0 spiro atoms. The van der Waals surface area contributed by atoms with Crippen LogP contribution in [0.1, 0.15) is 53.4 Å². The van der Waals surface area contributed by atoms with E-state index in [0.717, 1.165) is 12.5 Å². The van der Waals surface area contributed by atoms with E-state index in [-0.39, 0.29) is 0 Å². The Labute approximate surface area is 88.2 Å². The molecule has 2 aliphatic carbocycles. The first-order valence-corrected chi connectivity index (χ1v) is 6.18. The van der Waals surface area contributed by atoms with E-state index in [1.165, 1.54) is 25.7 Å². The number of hydrogen-bond donors (Lipinski definition) is 0. The summed E-state index contributed by atoms with van der Waals surface area (Å²) in [4.78, 5) is 0. The molecule has 82 valence electrons. The van der Waals surface area contributed by atoms with E-state index in [1.54, 1.807) is 0 Å². The Hall–Kier alpha value is -0.0400. The summed E-state index contributed by atoms with van der Waals surface area (Å²) in [7, 11) is 0. The van der Waals surface area contributed by atoms with Crippen LogP contribution < -0.4 is 0 Å². The summed E-state index contributed by atoms with van der Waals surface area (Å²) < 4.78 is 5.79. The Kier molecular flexibility index (Phi) is 2.42. The second-order valence-corrected chi connectivity index (χ2v) is 5.68. The second-order valence-electron chi connectivity index (χ2n) is 5.68. The van der Waals surface area contributed by atoms with E-state index in [4.69, 9.17) is 4.74 Å². The minimum atomic E-state index is 0.466. The zero-order valence-corrected chi connectivity index (χ0v) is 10.1. The van der Waals surface area contributed by atoms with Gasteiger partial charge in [-0.15, -0.1) is 0 Å². The zero-order chi connectivity index (χ0) is 10.4. The number of fused-ring (bicyclic) bond motifs is 1. The molecule has 0 aromatic heterocycles. The van der Waals surface area contributed by atoms with Gasteiger partial charge in [0.05, 0.1) is 6.10 Å². The lowest BCUT2D eigenvalue weighted by Crippen LogP contribution is -2.15. The maximum absolute atomic E-state index is 5.79. The Morgan fingerprint density at radius 3 is 2.14 bits per heavy atom. The van der Waals surface area contributed by atoms with E-state index in [0.29, 0.717) is 16.9 Å². The van der Waals surface area contributed by atoms with Crippen molar-refractivity contribution in [2.45, 2.75) is 59.5 Å². The molecule has 0 aromatic rings. The van der Waals surface area contributed by atoms with Crippen molar-refractivity contribution in [1.29, 1.82) is 0 Å². The third-order valence-electron chi connectivity index (χ3n) is 5.14. The Morgan fingerprint density at radius 2 is 1.71 bits per heavy atom. The highest BCUT2D eigenvalue weighted by Crippen LogP contribution is 2.76. The van der Waals surface area contributed by atoms with Crippen LogP contribution in [0.3, 0.4) is 0 Å². The summed E-state index contributed by atoms with van der Waals surface area (Å²) in [6, 6.07) is 0. The molecule has 3 unspecified atom stereocenters. The van der Waals surface area contributed by atoms with Crippen molar-refractivity contribution >= 4 is 0 Å². The molecule has 0 aromatic carbocycles. The highest BCUT2D eigenvalue weighted by atomic mass is 16.5. The average Bonchev–Trinajstić information content (AvgIpc) is 2.63. The van der Waals surface area contributed by atoms with E-state index in [2.05, 4.69) is 27.7 Å². The fourth-order valence-corrected chi connectivity index (χ4v) is 4.26. The van der Waals surface area contributed by atoms with Crippen molar-refractivity contribution in [3.05, 3.63) is 0 Å². The van der Waals surface area contributed by atoms with Crippen LogP contribution in [0.25, 0.3) is 0 Å². The van der Waals surface area contributed by atoms with Gasteiger partial charge in [-0.3, -0.25) is 0 Å². The summed E-state index contributed by atoms with van der Waals surface area (Å²) in [6.07, 6.45) is 6.17. The van der Waals surface area contributed by atoms with Crippen LogP contribution >= 0.6 is 0 Å². The van der Waals surface area contributed by atoms with Gasteiger partial charge < -0.3 is 4.74 Å². The molecule has 3 atom stereocenters. The van der Waals surface area contributed by atoms with Crippen LogP contribution in [0, 0.1) is 16.7 Å².